The summed E-state index contributed by atoms with van der Waals surface area (Å²) in [5, 5.41) is 8.39. The number of benzene rings is 14. The Morgan fingerprint density at radius 1 is 0.157 bits per heavy atom. The smallest absolute Gasteiger partial charge is 0.774 e. The molecule has 0 spiro atoms. The number of rotatable bonds is 9. The molecule has 44 heteroatoms. The first-order chi connectivity index (χ1) is 62.1. The molecule has 0 aromatic heterocycles. The Hall–Kier alpha value is -9.27. The number of halogens is 32. The summed E-state index contributed by atoms with van der Waals surface area (Å²) in [6.45, 7) is 4.46. The molecule has 134 heavy (non-hydrogen) atoms. The summed E-state index contributed by atoms with van der Waals surface area (Å²) in [5.41, 5.74) is 0. The van der Waals surface area contributed by atoms with Gasteiger partial charge in [-0.3, -0.25) is 0 Å². The van der Waals surface area contributed by atoms with Gasteiger partial charge in [-0.2, -0.15) is 0 Å². The van der Waals surface area contributed by atoms with Gasteiger partial charge in [-0.1, -0.05) is 261 Å². The van der Waals surface area contributed by atoms with E-state index < -0.39 is 241 Å². The van der Waals surface area contributed by atoms with Crippen LogP contribution in [0.5, 0.6) is 0 Å². The van der Waals surface area contributed by atoms with E-state index in [1.165, 1.54) is 57.5 Å². The van der Waals surface area contributed by atoms with Gasteiger partial charge in [0.15, 0.2) is 93.1 Å². The van der Waals surface area contributed by atoms with E-state index in [-0.39, 0.29) is 88.1 Å². The van der Waals surface area contributed by atoms with E-state index in [1.54, 1.807) is 0 Å². The quantitative estimate of drug-likeness (QED) is 0.0455. The normalized spacial score (nSPS) is 10.1. The van der Waals surface area contributed by atoms with Crippen molar-refractivity contribution in [1.29, 1.82) is 0 Å². The molecule has 0 saturated carbocycles. The Morgan fingerprint density at radius 3 is 0.313 bits per heavy atom. The van der Waals surface area contributed by atoms with Gasteiger partial charge in [0.25, 0.3) is 0 Å². The first-order valence-electron chi connectivity index (χ1n) is 36.0. The maximum Gasteiger partial charge on any atom is 4.00 e. The maximum absolute atomic E-state index is 12.3. The molecule has 0 amide bonds. The summed E-state index contributed by atoms with van der Waals surface area (Å²) in [6.07, 6.45) is 5.54. The molecule has 0 aliphatic carbocycles. The number of hydrogen-bond donors (Lipinski definition) is 0. The van der Waals surface area contributed by atoms with Crippen molar-refractivity contribution < 1.29 is 180 Å². The predicted molar refractivity (Wildman–Crippen MR) is 455 cm³/mol. The van der Waals surface area contributed by atoms with E-state index in [0.29, 0.717) is 0 Å². The molecule has 0 aliphatic heterocycles. The largest absolute Gasteiger partial charge is 4.00 e. The zero-order chi connectivity index (χ0) is 99.4. The van der Waals surface area contributed by atoms with Gasteiger partial charge in [0.2, 0.25) is 0 Å². The van der Waals surface area contributed by atoms with Crippen LogP contribution >= 0.6 is 15.8 Å². The molecule has 14 aromatic rings. The topological polar surface area (TPSA) is 0 Å². The van der Waals surface area contributed by atoms with Gasteiger partial charge in [0.1, 0.15) is 93.1 Å². The molecule has 0 N–H and O–H groups in total. The average Bonchev–Trinajstić information content (AvgIpc) is 0.812. The average molecular weight is 2440 g/mol. The van der Waals surface area contributed by atoms with Crippen molar-refractivity contribution in [3.63, 3.8) is 0 Å². The molecular weight excluding hydrogens is 2390 g/mol. The van der Waals surface area contributed by atoms with Gasteiger partial charge >= 0.3 is 39.6 Å². The molecule has 14 aromatic carbocycles. The zero-order valence-corrected chi connectivity index (χ0v) is 80.1. The van der Waals surface area contributed by atoms with E-state index in [2.05, 4.69) is 297 Å². The van der Waals surface area contributed by atoms with Crippen LogP contribution < -0.4 is 31.8 Å². The third-order valence-electron chi connectivity index (χ3n) is 15.6. The molecule has 0 radical (unpaired) electrons. The Balaban J connectivity index is 0.000000504. The second kappa shape index (κ2) is 59.7. The molecule has 0 heterocycles. The zero-order valence-electron chi connectivity index (χ0n) is 66.7. The van der Waals surface area contributed by atoms with Crippen LogP contribution in [0.2, 0.25) is 0 Å². The minimum absolute atomic E-state index is 0. The van der Waals surface area contributed by atoms with E-state index in [1.807, 2.05) is 0 Å². The van der Waals surface area contributed by atoms with Crippen molar-refractivity contribution >= 4 is 149 Å². The second-order valence-electron chi connectivity index (χ2n) is 24.8. The van der Waals surface area contributed by atoms with Crippen LogP contribution in [0.25, 0.3) is 0 Å². The fourth-order valence-corrected chi connectivity index (χ4v) is 15.4. The van der Waals surface area contributed by atoms with Crippen LogP contribution in [-0.2, 0) is 141 Å². The van der Waals surface area contributed by atoms with Gasteiger partial charge in [-0.05, 0) is 47.7 Å². The standard InChI is InChI=1S/2C18H15P.8C6H2F4S.C6H14.2Os/c2*1-4-10-16(11-5-1)19(17-12-6-2-7-13-17)18-14-8-3-9-15-18;8*7-2-1-3(8)5(10)6(11)4(2)9;1-3-5-6-4-2;;/h2*1-15H;8*1,11H;3-6H2,1-2H3;;/q;;;;;;;;;;;2*+4/p-8. The fourth-order valence-electron chi connectivity index (χ4n) is 9.27. The van der Waals surface area contributed by atoms with Crippen LogP contribution in [0.3, 0.4) is 0 Å². The van der Waals surface area contributed by atoms with E-state index in [9.17, 15) is 140 Å². The van der Waals surface area contributed by atoms with Crippen LogP contribution in [0.15, 0.2) is 270 Å². The Morgan fingerprint density at radius 2 is 0.239 bits per heavy atom. The van der Waals surface area contributed by atoms with Gasteiger partial charge in [-0.15, -0.1) is 0 Å². The Labute approximate surface area is 817 Å². The predicted octanol–water partition coefficient (Wildman–Crippen LogP) is 26.7. The van der Waals surface area contributed by atoms with Crippen molar-refractivity contribution in [3.05, 3.63) is 417 Å². The van der Waals surface area contributed by atoms with Crippen molar-refractivity contribution in [2.24, 2.45) is 0 Å². The van der Waals surface area contributed by atoms with Gasteiger partial charge in [0, 0.05) is 48.5 Å². The Kier molecular flexibility index (Phi) is 53.8. The molecule has 0 saturated heterocycles. The molecule has 710 valence electrons. The van der Waals surface area contributed by atoms with Gasteiger partial charge < -0.3 is 101 Å². The Bertz CT molecular complexity index is 4860. The summed E-state index contributed by atoms with van der Waals surface area (Å²) in [4.78, 5) is -8.43. The molecule has 0 fully saturated rings. The van der Waals surface area contributed by atoms with Crippen LogP contribution in [0, 0.1) is 186 Å². The SMILES string of the molecule is CCCCCC.Fc1cc(F)c(F)c([S-])c1F.Fc1cc(F)c(F)c([S-])c1F.Fc1cc(F)c(F)c([S-])c1F.Fc1cc(F)c(F)c([S-])c1F.Fc1cc(F)c(F)c([S-])c1F.Fc1cc(F)c(F)c([S-])c1F.Fc1cc(F)c(F)c([S-])c1F.Fc1cc(F)c(F)c([S-])c1F.[Os+4].[Os+4].c1ccc(P(c2ccccc2)c2ccccc2)cc1.c1ccc(P(c2ccccc2)c2ccccc2)cc1. The summed E-state index contributed by atoms with van der Waals surface area (Å²) in [6, 6.07) is 65.5. The molecule has 0 atom stereocenters. The summed E-state index contributed by atoms with van der Waals surface area (Å²) >= 11 is 32.3. The first kappa shape index (κ1) is 121. The van der Waals surface area contributed by atoms with Crippen LogP contribution in [0.4, 0.5) is 140 Å². The summed E-state index contributed by atoms with van der Waals surface area (Å²) in [7, 11) is -0.892. The van der Waals surface area contributed by atoms with Gasteiger partial charge in [-0.25, -0.2) is 140 Å². The summed E-state index contributed by atoms with van der Waals surface area (Å²) in [5.74, 6) is -48.1. The third-order valence-corrected chi connectivity index (χ3v) is 23.4. The molecule has 0 bridgehead atoms. The molecule has 0 nitrogen and oxygen atoms in total. The molecule has 14 rings (SSSR count). The van der Waals surface area contributed by atoms with E-state index in [4.69, 9.17) is 0 Å². The molecular formula is C90H52F32Os2P2S8. The van der Waals surface area contributed by atoms with Gasteiger partial charge in [0.05, 0.1) is 0 Å². The van der Waals surface area contributed by atoms with Crippen molar-refractivity contribution in [3.8, 4) is 0 Å². The van der Waals surface area contributed by atoms with E-state index in [0.717, 1.165) is 0 Å². The van der Waals surface area contributed by atoms with Crippen LogP contribution in [-0.4, -0.2) is 0 Å². The third kappa shape index (κ3) is 35.7. The second-order valence-corrected chi connectivity index (χ2v) is 32.5. The first-order valence-corrected chi connectivity index (χ1v) is 42.0. The number of hydrogen-bond acceptors (Lipinski definition) is 8. The molecule has 0 aliphatic rings. The van der Waals surface area contributed by atoms with Crippen LogP contribution in [0.1, 0.15) is 39.5 Å². The van der Waals surface area contributed by atoms with E-state index >= 15 is 0 Å². The minimum Gasteiger partial charge on any atom is -0.774 e. The number of unbranched alkanes of at least 4 members (excludes halogenated alkanes) is 3. The van der Waals surface area contributed by atoms with Crippen molar-refractivity contribution in [2.75, 3.05) is 0 Å². The van der Waals surface area contributed by atoms with Crippen molar-refractivity contribution in [1.82, 2.24) is 0 Å². The summed E-state index contributed by atoms with van der Waals surface area (Å²) < 4.78 is 391. The monoisotopic (exact) mass is 2440 g/mol. The van der Waals surface area contributed by atoms with Crippen molar-refractivity contribution in [2.45, 2.75) is 78.7 Å². The maximum atomic E-state index is 12.3. The molecule has 0 unspecified atom stereocenters. The fraction of sp³-hybridized carbons (Fsp3) is 0.0667. The minimum atomic E-state index is -1.53.